The number of methoxy groups -OCH3 is 1. The van der Waals surface area contributed by atoms with Crippen LogP contribution in [0.25, 0.3) is 0 Å². The lowest BCUT2D eigenvalue weighted by atomic mass is 10.0. The zero-order chi connectivity index (χ0) is 19.9. The molecule has 6 nitrogen and oxygen atoms in total. The maximum absolute atomic E-state index is 13.3. The van der Waals surface area contributed by atoms with Gasteiger partial charge in [-0.25, -0.2) is 9.18 Å². The molecule has 1 amide bonds. The second-order valence-electron chi connectivity index (χ2n) is 6.72. The maximum atomic E-state index is 13.3. The molecule has 1 saturated heterocycles. The molecule has 150 valence electrons. The Morgan fingerprint density at radius 1 is 1.11 bits per heavy atom. The number of nitrogens with zero attached hydrogens (tertiary/aromatic N) is 2. The predicted molar refractivity (Wildman–Crippen MR) is 106 cm³/mol. The number of hydrogen-bond donors (Lipinski definition) is 1. The summed E-state index contributed by atoms with van der Waals surface area (Å²) in [5, 5.41) is 0. The fourth-order valence-corrected chi connectivity index (χ4v) is 3.68. The minimum absolute atomic E-state index is 0.0276. The fourth-order valence-electron chi connectivity index (χ4n) is 3.68. The van der Waals surface area contributed by atoms with Crippen molar-refractivity contribution in [3.63, 3.8) is 0 Å². The summed E-state index contributed by atoms with van der Waals surface area (Å²) in [7, 11) is 1.68. The zero-order valence-electron chi connectivity index (χ0n) is 16.0. The molecule has 1 heterocycles. The molecule has 2 aromatic rings. The molecule has 1 unspecified atom stereocenters. The van der Waals surface area contributed by atoms with E-state index in [9.17, 15) is 9.18 Å². The third-order valence-electron chi connectivity index (χ3n) is 5.07. The fraction of sp³-hybridized carbons (Fsp3) is 0.381. The van der Waals surface area contributed by atoms with E-state index in [1.165, 1.54) is 12.1 Å². The predicted octanol–water partition coefficient (Wildman–Crippen LogP) is 3.18. The Bertz CT molecular complexity index is 777. The number of rotatable bonds is 7. The number of anilines is 1. The van der Waals surface area contributed by atoms with Gasteiger partial charge in [0, 0.05) is 38.6 Å². The highest BCUT2D eigenvalue weighted by Crippen LogP contribution is 2.31. The van der Waals surface area contributed by atoms with E-state index in [0.29, 0.717) is 6.42 Å². The number of nitrogens with two attached hydrogens (primary N) is 1. The molecule has 0 radical (unpaired) electrons. The van der Waals surface area contributed by atoms with Crippen LogP contribution in [0.15, 0.2) is 48.5 Å². The SMILES string of the molecule is COc1ccccc1N1CCN(C(CCOC(N)=O)c2ccc(F)cc2)CC1. The Labute approximate surface area is 164 Å². The van der Waals surface area contributed by atoms with Crippen molar-refractivity contribution in [3.8, 4) is 5.75 Å². The number of carbonyl (C=O) groups is 1. The summed E-state index contributed by atoms with van der Waals surface area (Å²) in [4.78, 5) is 15.6. The van der Waals surface area contributed by atoms with Crippen molar-refractivity contribution in [2.24, 2.45) is 5.73 Å². The number of para-hydroxylation sites is 2. The molecule has 7 heteroatoms. The quantitative estimate of drug-likeness (QED) is 0.790. The van der Waals surface area contributed by atoms with Crippen molar-refractivity contribution < 1.29 is 18.7 Å². The van der Waals surface area contributed by atoms with Crippen LogP contribution in [0.1, 0.15) is 18.0 Å². The van der Waals surface area contributed by atoms with Gasteiger partial charge in [0.1, 0.15) is 11.6 Å². The summed E-state index contributed by atoms with van der Waals surface area (Å²) < 4.78 is 23.8. The molecule has 28 heavy (non-hydrogen) atoms. The minimum Gasteiger partial charge on any atom is -0.495 e. The van der Waals surface area contributed by atoms with Crippen molar-refractivity contribution in [2.45, 2.75) is 12.5 Å². The second kappa shape index (κ2) is 9.41. The first-order valence-corrected chi connectivity index (χ1v) is 9.38. The summed E-state index contributed by atoms with van der Waals surface area (Å²) in [6, 6.07) is 14.5. The standard InChI is InChI=1S/C21H26FN3O3/c1-27-20-5-3-2-4-19(20)25-13-11-24(12-14-25)18(10-15-28-21(23)26)16-6-8-17(22)9-7-16/h2-9,18H,10-15H2,1H3,(H2,23,26). The van der Waals surface area contributed by atoms with Crippen LogP contribution in [0.4, 0.5) is 14.9 Å². The van der Waals surface area contributed by atoms with Crippen molar-refractivity contribution >= 4 is 11.8 Å². The average molecular weight is 387 g/mol. The van der Waals surface area contributed by atoms with Crippen LogP contribution >= 0.6 is 0 Å². The van der Waals surface area contributed by atoms with Crippen LogP contribution in [0, 0.1) is 5.82 Å². The highest BCUT2D eigenvalue weighted by Gasteiger charge is 2.26. The van der Waals surface area contributed by atoms with Gasteiger partial charge in [0.25, 0.3) is 0 Å². The highest BCUT2D eigenvalue weighted by molar-refractivity contribution is 5.64. The third kappa shape index (κ3) is 4.92. The Morgan fingerprint density at radius 3 is 2.43 bits per heavy atom. The van der Waals surface area contributed by atoms with Crippen LogP contribution in [-0.4, -0.2) is 50.9 Å². The van der Waals surface area contributed by atoms with Gasteiger partial charge >= 0.3 is 6.09 Å². The van der Waals surface area contributed by atoms with Crippen LogP contribution in [0.5, 0.6) is 5.75 Å². The van der Waals surface area contributed by atoms with Gasteiger partial charge in [0.15, 0.2) is 0 Å². The maximum Gasteiger partial charge on any atom is 0.404 e. The van der Waals surface area contributed by atoms with E-state index in [1.807, 2.05) is 18.2 Å². The Balaban J connectivity index is 1.69. The highest BCUT2D eigenvalue weighted by atomic mass is 19.1. The second-order valence-corrected chi connectivity index (χ2v) is 6.72. The Hall–Kier alpha value is -2.80. The minimum atomic E-state index is -0.779. The Kier molecular flexibility index (Phi) is 6.71. The first-order chi connectivity index (χ1) is 13.6. The monoisotopic (exact) mass is 387 g/mol. The van der Waals surface area contributed by atoms with Crippen molar-refractivity contribution in [1.82, 2.24) is 4.90 Å². The zero-order valence-corrected chi connectivity index (χ0v) is 16.0. The molecular weight excluding hydrogens is 361 g/mol. The van der Waals surface area contributed by atoms with Crippen LogP contribution in [-0.2, 0) is 4.74 Å². The van der Waals surface area contributed by atoms with Crippen LogP contribution < -0.4 is 15.4 Å². The molecule has 0 aromatic heterocycles. The van der Waals surface area contributed by atoms with Gasteiger partial charge in [0.05, 0.1) is 19.4 Å². The summed E-state index contributed by atoms with van der Waals surface area (Å²) in [6.45, 7) is 3.57. The van der Waals surface area contributed by atoms with E-state index in [2.05, 4.69) is 15.9 Å². The van der Waals surface area contributed by atoms with Gasteiger partial charge < -0.3 is 20.1 Å². The first kappa shape index (κ1) is 19.9. The number of carbonyl (C=O) groups excluding carboxylic acids is 1. The van der Waals surface area contributed by atoms with E-state index in [0.717, 1.165) is 43.2 Å². The largest absolute Gasteiger partial charge is 0.495 e. The molecule has 2 N–H and O–H groups in total. The van der Waals surface area contributed by atoms with Gasteiger partial charge in [-0.1, -0.05) is 24.3 Å². The number of piperazine rings is 1. The summed E-state index contributed by atoms with van der Waals surface area (Å²) in [6.07, 6.45) is -0.178. The number of benzene rings is 2. The lowest BCUT2D eigenvalue weighted by Gasteiger charge is -2.40. The van der Waals surface area contributed by atoms with Gasteiger partial charge in [-0.3, -0.25) is 4.90 Å². The molecule has 1 fully saturated rings. The van der Waals surface area contributed by atoms with Gasteiger partial charge in [-0.2, -0.15) is 0 Å². The van der Waals surface area contributed by atoms with E-state index in [4.69, 9.17) is 15.2 Å². The molecule has 0 spiro atoms. The smallest absolute Gasteiger partial charge is 0.404 e. The lowest BCUT2D eigenvalue weighted by Crippen LogP contribution is -2.48. The van der Waals surface area contributed by atoms with E-state index in [1.54, 1.807) is 19.2 Å². The normalized spacial score (nSPS) is 15.9. The van der Waals surface area contributed by atoms with Crippen molar-refractivity contribution in [2.75, 3.05) is 44.8 Å². The van der Waals surface area contributed by atoms with Crippen LogP contribution in [0.3, 0.4) is 0 Å². The molecule has 0 bridgehead atoms. The Morgan fingerprint density at radius 2 is 1.79 bits per heavy atom. The van der Waals surface area contributed by atoms with Crippen LogP contribution in [0.2, 0.25) is 0 Å². The third-order valence-corrected chi connectivity index (χ3v) is 5.07. The lowest BCUT2D eigenvalue weighted by molar-refractivity contribution is 0.122. The van der Waals surface area contributed by atoms with Crippen molar-refractivity contribution in [1.29, 1.82) is 0 Å². The first-order valence-electron chi connectivity index (χ1n) is 9.38. The summed E-state index contributed by atoms with van der Waals surface area (Å²) in [5.41, 5.74) is 7.17. The molecule has 0 aliphatic carbocycles. The molecule has 0 saturated carbocycles. The number of amides is 1. The summed E-state index contributed by atoms with van der Waals surface area (Å²) >= 11 is 0. The number of primary amides is 1. The number of halogens is 1. The van der Waals surface area contributed by atoms with E-state index >= 15 is 0 Å². The molecule has 1 aliphatic rings. The molecule has 2 aromatic carbocycles. The topological polar surface area (TPSA) is 68.0 Å². The number of ether oxygens (including phenoxy) is 2. The average Bonchev–Trinajstić information content (AvgIpc) is 2.72. The van der Waals surface area contributed by atoms with Gasteiger partial charge in [-0.05, 0) is 29.8 Å². The van der Waals surface area contributed by atoms with Gasteiger partial charge in [0.2, 0.25) is 0 Å². The van der Waals surface area contributed by atoms with E-state index in [-0.39, 0.29) is 18.5 Å². The summed E-state index contributed by atoms with van der Waals surface area (Å²) in [5.74, 6) is 0.595. The van der Waals surface area contributed by atoms with E-state index < -0.39 is 6.09 Å². The molecule has 1 atom stereocenters. The molecular formula is C21H26FN3O3. The van der Waals surface area contributed by atoms with Crippen molar-refractivity contribution in [3.05, 3.63) is 59.9 Å². The molecule has 3 rings (SSSR count). The molecule has 1 aliphatic heterocycles. The number of hydrogen-bond acceptors (Lipinski definition) is 5. The van der Waals surface area contributed by atoms with Gasteiger partial charge in [-0.15, -0.1) is 0 Å².